The molecule has 1 saturated heterocycles. The Morgan fingerprint density at radius 1 is 1.23 bits per heavy atom. The largest absolute Gasteiger partial charge is 0.490 e. The van der Waals surface area contributed by atoms with Crippen LogP contribution < -0.4 is 14.9 Å². The topological polar surface area (TPSA) is 112 Å². The van der Waals surface area contributed by atoms with E-state index in [2.05, 4.69) is 19.9 Å². The van der Waals surface area contributed by atoms with Crippen molar-refractivity contribution in [1.29, 1.82) is 0 Å². The van der Waals surface area contributed by atoms with Crippen LogP contribution in [0.15, 0.2) is 41.4 Å². The van der Waals surface area contributed by atoms with Crippen LogP contribution in [-0.4, -0.2) is 56.8 Å². The van der Waals surface area contributed by atoms with Gasteiger partial charge in [-0.15, -0.1) is 0 Å². The molecule has 8 nitrogen and oxygen atoms in total. The van der Waals surface area contributed by atoms with Crippen molar-refractivity contribution in [2.24, 2.45) is 0 Å². The van der Waals surface area contributed by atoms with Crippen LogP contribution in [0.25, 0.3) is 0 Å². The van der Waals surface area contributed by atoms with Gasteiger partial charge in [0.1, 0.15) is 5.82 Å². The molecular weight excluding hydrogens is 461 g/mol. The Bertz CT molecular complexity index is 1010. The number of aliphatic carboxylic acids is 1. The van der Waals surface area contributed by atoms with Gasteiger partial charge in [0.2, 0.25) is 0 Å². The Morgan fingerprint density at radius 2 is 1.84 bits per heavy atom. The van der Waals surface area contributed by atoms with Crippen LogP contribution in [0.1, 0.15) is 5.56 Å². The smallest absolute Gasteiger partial charge is 0.475 e. The van der Waals surface area contributed by atoms with Gasteiger partial charge in [0.25, 0.3) is 10.0 Å². The van der Waals surface area contributed by atoms with Crippen molar-refractivity contribution in [2.45, 2.75) is 18.0 Å². The zero-order chi connectivity index (χ0) is 23.2. The van der Waals surface area contributed by atoms with E-state index in [4.69, 9.17) is 21.5 Å². The highest BCUT2D eigenvalue weighted by atomic mass is 35.5. The highest BCUT2D eigenvalue weighted by Crippen LogP contribution is 2.25. The molecule has 3 rings (SSSR count). The second-order valence-corrected chi connectivity index (χ2v) is 8.47. The average molecular weight is 481 g/mol. The Hall–Kier alpha value is -2.57. The molecule has 0 atom stereocenters. The Balaban J connectivity index is 0.000000423. The molecule has 0 aliphatic carbocycles. The molecule has 170 valence electrons. The maximum atomic E-state index is 12.5. The zero-order valence-electron chi connectivity index (χ0n) is 16.3. The number of anilines is 2. The summed E-state index contributed by atoms with van der Waals surface area (Å²) in [6.45, 7) is 5.30. The summed E-state index contributed by atoms with van der Waals surface area (Å²) in [6.07, 6.45) is -3.55. The fourth-order valence-electron chi connectivity index (χ4n) is 2.62. The minimum Gasteiger partial charge on any atom is -0.475 e. The molecule has 3 N–H and O–H groups in total. The van der Waals surface area contributed by atoms with Crippen molar-refractivity contribution in [1.82, 2.24) is 10.3 Å². The number of hydrogen-bond acceptors (Lipinski definition) is 6. The lowest BCUT2D eigenvalue weighted by atomic mass is 10.2. The molecule has 2 heterocycles. The molecular formula is C18H20ClF3N4O4S. The van der Waals surface area contributed by atoms with Crippen LogP contribution in [0.4, 0.5) is 24.7 Å². The second kappa shape index (κ2) is 10.2. The van der Waals surface area contributed by atoms with Gasteiger partial charge < -0.3 is 15.3 Å². The number of piperazine rings is 1. The summed E-state index contributed by atoms with van der Waals surface area (Å²) in [7, 11) is -3.70. The van der Waals surface area contributed by atoms with Gasteiger partial charge in [-0.05, 0) is 36.8 Å². The first-order chi connectivity index (χ1) is 14.4. The molecule has 0 spiro atoms. The molecule has 0 bridgehead atoms. The van der Waals surface area contributed by atoms with Crippen molar-refractivity contribution in [3.8, 4) is 0 Å². The van der Waals surface area contributed by atoms with E-state index >= 15 is 0 Å². The number of rotatable bonds is 4. The Labute approximate surface area is 182 Å². The molecule has 0 radical (unpaired) electrons. The maximum absolute atomic E-state index is 12.5. The van der Waals surface area contributed by atoms with Crippen LogP contribution in [-0.2, 0) is 14.8 Å². The molecule has 1 aromatic heterocycles. The molecule has 1 fully saturated rings. The summed E-state index contributed by atoms with van der Waals surface area (Å²) in [4.78, 5) is 15.6. The highest BCUT2D eigenvalue weighted by molar-refractivity contribution is 7.92. The van der Waals surface area contributed by atoms with Crippen molar-refractivity contribution in [3.63, 3.8) is 0 Å². The predicted octanol–water partition coefficient (Wildman–Crippen LogP) is 2.89. The van der Waals surface area contributed by atoms with Crippen LogP contribution in [0.3, 0.4) is 0 Å². The number of nitrogens with one attached hydrogen (secondary N) is 2. The van der Waals surface area contributed by atoms with Gasteiger partial charge >= 0.3 is 12.1 Å². The summed E-state index contributed by atoms with van der Waals surface area (Å²) in [5.74, 6) is -1.91. The first-order valence-electron chi connectivity index (χ1n) is 8.91. The van der Waals surface area contributed by atoms with Crippen LogP contribution in [0.2, 0.25) is 5.02 Å². The van der Waals surface area contributed by atoms with Gasteiger partial charge in [-0.1, -0.05) is 17.7 Å². The number of aromatic nitrogens is 1. The molecule has 31 heavy (non-hydrogen) atoms. The number of halogens is 4. The number of carboxylic acid groups (broad SMARTS) is 1. The SMILES string of the molecule is Cc1c(Cl)cccc1S(=O)(=O)Nc1ccc(N2CCNCC2)nc1.O=C(O)C(F)(F)F. The maximum Gasteiger partial charge on any atom is 0.490 e. The molecule has 2 aromatic rings. The number of benzene rings is 1. The third-order valence-corrected chi connectivity index (χ3v) is 6.13. The summed E-state index contributed by atoms with van der Waals surface area (Å²) < 4.78 is 59.4. The van der Waals surface area contributed by atoms with E-state index in [9.17, 15) is 21.6 Å². The van der Waals surface area contributed by atoms with E-state index in [-0.39, 0.29) is 4.90 Å². The minimum atomic E-state index is -5.08. The number of carbonyl (C=O) groups is 1. The molecule has 1 aliphatic heterocycles. The van der Waals surface area contributed by atoms with Crippen LogP contribution in [0.5, 0.6) is 0 Å². The second-order valence-electron chi connectivity index (χ2n) is 6.41. The number of carboxylic acids is 1. The number of pyridine rings is 1. The van der Waals surface area contributed by atoms with E-state index in [0.29, 0.717) is 16.3 Å². The van der Waals surface area contributed by atoms with E-state index in [0.717, 1.165) is 32.0 Å². The van der Waals surface area contributed by atoms with Gasteiger partial charge in [0, 0.05) is 31.2 Å². The standard InChI is InChI=1S/C16H19ClN4O2S.C2HF3O2/c1-12-14(17)3-2-4-15(12)24(22,23)20-13-5-6-16(19-11-13)21-9-7-18-8-10-21;3-2(4,5)1(6)7/h2-6,11,18,20H,7-10H2,1H3;(H,6,7). The van der Waals surface area contributed by atoms with Crippen LogP contribution >= 0.6 is 11.6 Å². The summed E-state index contributed by atoms with van der Waals surface area (Å²) in [6, 6.07) is 8.37. The molecule has 0 saturated carbocycles. The van der Waals surface area contributed by atoms with Gasteiger partial charge in [-0.2, -0.15) is 13.2 Å². The lowest BCUT2D eigenvalue weighted by molar-refractivity contribution is -0.192. The van der Waals surface area contributed by atoms with Gasteiger partial charge in [0.15, 0.2) is 0 Å². The molecule has 0 amide bonds. The van der Waals surface area contributed by atoms with Crippen molar-refractivity contribution >= 4 is 39.1 Å². The van der Waals surface area contributed by atoms with Gasteiger partial charge in [0.05, 0.1) is 16.8 Å². The Morgan fingerprint density at radius 3 is 2.35 bits per heavy atom. The quantitative estimate of drug-likeness (QED) is 0.617. The average Bonchev–Trinajstić information content (AvgIpc) is 2.70. The number of sulfonamides is 1. The summed E-state index contributed by atoms with van der Waals surface area (Å²) in [5.41, 5.74) is 0.949. The zero-order valence-corrected chi connectivity index (χ0v) is 17.9. The molecule has 1 aromatic carbocycles. The third-order valence-electron chi connectivity index (χ3n) is 4.19. The molecule has 1 aliphatic rings. The Kier molecular flexibility index (Phi) is 8.09. The highest BCUT2D eigenvalue weighted by Gasteiger charge is 2.38. The number of nitrogens with zero attached hydrogens (tertiary/aromatic N) is 2. The third kappa shape index (κ3) is 6.97. The number of hydrogen-bond donors (Lipinski definition) is 3. The van der Waals surface area contributed by atoms with Crippen molar-refractivity contribution < 1.29 is 31.5 Å². The minimum absolute atomic E-state index is 0.168. The predicted molar refractivity (Wildman–Crippen MR) is 110 cm³/mol. The summed E-state index contributed by atoms with van der Waals surface area (Å²) >= 11 is 6.01. The fourth-order valence-corrected chi connectivity index (χ4v) is 4.16. The fraction of sp³-hybridized carbons (Fsp3) is 0.333. The van der Waals surface area contributed by atoms with Crippen LogP contribution in [0, 0.1) is 6.92 Å². The van der Waals surface area contributed by atoms with E-state index < -0.39 is 22.2 Å². The molecule has 0 unspecified atom stereocenters. The lowest BCUT2D eigenvalue weighted by Crippen LogP contribution is -2.43. The van der Waals surface area contributed by atoms with Gasteiger partial charge in [-0.25, -0.2) is 18.2 Å². The number of alkyl halides is 3. The van der Waals surface area contributed by atoms with E-state index in [1.54, 1.807) is 25.1 Å². The lowest BCUT2D eigenvalue weighted by Gasteiger charge is -2.28. The normalized spacial score (nSPS) is 14.4. The summed E-state index contributed by atoms with van der Waals surface area (Å²) in [5, 5.41) is 10.8. The van der Waals surface area contributed by atoms with E-state index in [1.165, 1.54) is 12.3 Å². The van der Waals surface area contributed by atoms with Crippen molar-refractivity contribution in [2.75, 3.05) is 35.8 Å². The van der Waals surface area contributed by atoms with Crippen molar-refractivity contribution in [3.05, 3.63) is 47.1 Å². The first kappa shape index (κ1) is 24.7. The van der Waals surface area contributed by atoms with E-state index in [1.807, 2.05) is 6.07 Å². The van der Waals surface area contributed by atoms with Gasteiger partial charge in [-0.3, -0.25) is 4.72 Å². The monoisotopic (exact) mass is 480 g/mol. The molecule has 13 heteroatoms. The first-order valence-corrected chi connectivity index (χ1v) is 10.8.